The summed E-state index contributed by atoms with van der Waals surface area (Å²) in [6.45, 7) is 0. The molecular formula is C14H12F5NO3S2. The summed E-state index contributed by atoms with van der Waals surface area (Å²) in [6.07, 6.45) is 1.91. The van der Waals surface area contributed by atoms with Crippen LogP contribution in [0, 0.1) is 23.2 Å². The molecule has 0 amide bonds. The molecule has 4 nitrogen and oxygen atoms in total. The fourth-order valence-electron chi connectivity index (χ4n) is 2.19. The Morgan fingerprint density at radius 3 is 2.20 bits per heavy atom. The van der Waals surface area contributed by atoms with E-state index in [9.17, 15) is 33.2 Å². The summed E-state index contributed by atoms with van der Waals surface area (Å²) in [4.78, 5) is 21.2. The van der Waals surface area contributed by atoms with Crippen molar-refractivity contribution >= 4 is 32.6 Å². The van der Waals surface area contributed by atoms with Crippen LogP contribution in [0.25, 0.3) is 0 Å². The van der Waals surface area contributed by atoms with Crippen LogP contribution in [0.2, 0.25) is 0 Å². The van der Waals surface area contributed by atoms with Crippen molar-refractivity contribution in [2.24, 2.45) is 11.8 Å². The highest BCUT2D eigenvalue weighted by Gasteiger charge is 2.65. The predicted molar refractivity (Wildman–Crippen MR) is 81.3 cm³/mol. The number of hydrogen-bond acceptors (Lipinski definition) is 4. The summed E-state index contributed by atoms with van der Waals surface area (Å²) in [5.74, 6) is -4.04. The van der Waals surface area contributed by atoms with Gasteiger partial charge in [-0.15, -0.1) is 0 Å². The Morgan fingerprint density at radius 1 is 1.24 bits per heavy atom. The molecule has 1 aromatic rings. The summed E-state index contributed by atoms with van der Waals surface area (Å²) in [7, 11) is -12.3. The molecule has 1 fully saturated rings. The Hall–Kier alpha value is -1.80. The van der Waals surface area contributed by atoms with Crippen LogP contribution in [-0.2, 0) is 15.6 Å². The number of nitrogens with zero attached hydrogens (tertiary/aromatic N) is 1. The van der Waals surface area contributed by atoms with E-state index < -0.39 is 59.8 Å². The third-order valence-corrected chi connectivity index (χ3v) is 5.73. The van der Waals surface area contributed by atoms with Crippen molar-refractivity contribution in [2.75, 3.05) is 6.26 Å². The molecule has 1 saturated carbocycles. The number of carbonyl (C=O) groups excluding carboxylic acids is 2. The molecule has 0 radical (unpaired) electrons. The van der Waals surface area contributed by atoms with E-state index in [0.717, 1.165) is 6.26 Å². The lowest BCUT2D eigenvalue weighted by molar-refractivity contribution is -0.121. The van der Waals surface area contributed by atoms with Crippen LogP contribution in [0.1, 0.15) is 23.2 Å². The lowest BCUT2D eigenvalue weighted by Crippen LogP contribution is -2.25. The molecule has 2 rings (SSSR count). The van der Waals surface area contributed by atoms with Crippen LogP contribution in [0.5, 0.6) is 0 Å². The molecule has 0 aliphatic heterocycles. The van der Waals surface area contributed by atoms with Crippen molar-refractivity contribution in [3.8, 4) is 6.07 Å². The molecule has 0 saturated heterocycles. The van der Waals surface area contributed by atoms with Gasteiger partial charge in [0, 0.05) is 17.7 Å². The van der Waals surface area contributed by atoms with Gasteiger partial charge in [-0.05, 0) is 31.0 Å². The molecule has 2 atom stereocenters. The zero-order valence-corrected chi connectivity index (χ0v) is 14.3. The van der Waals surface area contributed by atoms with Crippen LogP contribution in [0.4, 0.5) is 19.4 Å². The van der Waals surface area contributed by atoms with Crippen LogP contribution < -0.4 is 0 Å². The maximum atomic E-state index is 12.9. The molecule has 11 heteroatoms. The molecule has 0 heterocycles. The minimum atomic E-state index is -10.0. The Kier molecular flexibility index (Phi) is 4.18. The van der Waals surface area contributed by atoms with Crippen molar-refractivity contribution in [3.63, 3.8) is 0 Å². The van der Waals surface area contributed by atoms with E-state index in [4.69, 9.17) is 5.26 Å². The van der Waals surface area contributed by atoms with Gasteiger partial charge in [-0.1, -0.05) is 19.4 Å². The van der Waals surface area contributed by atoms with Gasteiger partial charge in [0.05, 0.1) is 21.8 Å². The molecule has 1 aromatic carbocycles. The van der Waals surface area contributed by atoms with Gasteiger partial charge in [-0.2, -0.15) is 5.26 Å². The van der Waals surface area contributed by atoms with Crippen LogP contribution in [0.15, 0.2) is 28.0 Å². The lowest BCUT2D eigenvalue weighted by atomic mass is 9.92. The SMILES string of the molecule is CS(=O)c1cc(S(F)(F)(F)(F)F)ccc1C(=O)C(C#N)C(=O)C1CC1. The summed E-state index contributed by atoms with van der Waals surface area (Å²) in [5.41, 5.74) is -0.605. The van der Waals surface area contributed by atoms with Gasteiger partial charge >= 0.3 is 10.2 Å². The van der Waals surface area contributed by atoms with E-state index >= 15 is 0 Å². The first-order chi connectivity index (χ1) is 11.2. The van der Waals surface area contributed by atoms with Crippen molar-refractivity contribution in [1.82, 2.24) is 0 Å². The average Bonchev–Trinajstić information content (AvgIpc) is 3.29. The standard InChI is InChI=1S/C14H12F5NO3S2/c1-24(23)12-6-9(25(15,16,17,18)19)4-5-10(12)14(22)11(7-20)13(21)8-2-3-8/h4-6,8,11H,2-3H2,1H3. The molecule has 1 aliphatic rings. The maximum absolute atomic E-state index is 12.9. The summed E-state index contributed by atoms with van der Waals surface area (Å²) >= 11 is 0. The Bertz CT molecular complexity index is 841. The predicted octanol–water partition coefficient (Wildman–Crippen LogP) is 4.38. The summed E-state index contributed by atoms with van der Waals surface area (Å²) in [6, 6.07) is 1.87. The lowest BCUT2D eigenvalue weighted by Gasteiger charge is -2.40. The molecule has 0 bridgehead atoms. The van der Waals surface area contributed by atoms with Gasteiger partial charge in [-0.3, -0.25) is 13.8 Å². The van der Waals surface area contributed by atoms with Gasteiger partial charge in [-0.25, -0.2) is 0 Å². The highest BCUT2D eigenvalue weighted by Crippen LogP contribution is 3.02. The minimum absolute atomic E-state index is 0.00117. The molecule has 0 N–H and O–H groups in total. The fraction of sp³-hybridized carbons (Fsp3) is 0.357. The monoisotopic (exact) mass is 401 g/mol. The van der Waals surface area contributed by atoms with Gasteiger partial charge in [0.15, 0.2) is 17.5 Å². The Balaban J connectivity index is 2.55. The van der Waals surface area contributed by atoms with Crippen molar-refractivity contribution in [1.29, 1.82) is 5.26 Å². The van der Waals surface area contributed by atoms with Gasteiger partial charge in [0.2, 0.25) is 0 Å². The van der Waals surface area contributed by atoms with Gasteiger partial charge < -0.3 is 0 Å². The number of halogens is 5. The van der Waals surface area contributed by atoms with E-state index in [1.54, 1.807) is 0 Å². The molecule has 0 aromatic heterocycles. The third-order valence-electron chi connectivity index (χ3n) is 3.63. The quantitative estimate of drug-likeness (QED) is 0.403. The number of Topliss-reactive ketones (excluding diaryl/α,β-unsaturated/α-hetero) is 2. The highest BCUT2D eigenvalue weighted by atomic mass is 32.5. The van der Waals surface area contributed by atoms with Crippen LogP contribution >= 0.6 is 10.2 Å². The zero-order chi connectivity index (χ0) is 19.3. The average molecular weight is 401 g/mol. The Labute approximate surface area is 142 Å². The molecule has 0 spiro atoms. The summed E-state index contributed by atoms with van der Waals surface area (Å²) in [5, 5.41) is 9.04. The molecular weight excluding hydrogens is 389 g/mol. The largest absolute Gasteiger partial charge is 0.310 e. The van der Waals surface area contributed by atoms with Gasteiger partial charge in [0.1, 0.15) is 4.90 Å². The number of hydrogen-bond donors (Lipinski definition) is 0. The number of rotatable bonds is 6. The second-order valence-electron chi connectivity index (χ2n) is 5.68. The van der Waals surface area contributed by atoms with Crippen molar-refractivity contribution in [2.45, 2.75) is 22.6 Å². The van der Waals surface area contributed by atoms with Crippen LogP contribution in [-0.4, -0.2) is 22.0 Å². The van der Waals surface area contributed by atoms with Crippen molar-refractivity contribution in [3.05, 3.63) is 23.8 Å². The zero-order valence-electron chi connectivity index (χ0n) is 12.7. The topological polar surface area (TPSA) is 75.0 Å². The molecule has 2 unspecified atom stereocenters. The van der Waals surface area contributed by atoms with E-state index in [-0.39, 0.29) is 12.1 Å². The number of benzene rings is 1. The maximum Gasteiger partial charge on any atom is 0.310 e. The van der Waals surface area contributed by atoms with E-state index in [1.165, 1.54) is 6.07 Å². The second-order valence-corrected chi connectivity index (χ2v) is 9.44. The normalized spacial score (nSPS) is 19.9. The van der Waals surface area contributed by atoms with E-state index in [1.807, 2.05) is 0 Å². The third kappa shape index (κ3) is 4.24. The first-order valence-electron chi connectivity index (χ1n) is 6.85. The fourth-order valence-corrected chi connectivity index (χ4v) is 3.71. The summed E-state index contributed by atoms with van der Waals surface area (Å²) < 4.78 is 76.2. The van der Waals surface area contributed by atoms with E-state index in [2.05, 4.69) is 0 Å². The number of nitriles is 1. The van der Waals surface area contributed by atoms with Crippen molar-refractivity contribution < 1.29 is 33.2 Å². The van der Waals surface area contributed by atoms with E-state index in [0.29, 0.717) is 18.9 Å². The van der Waals surface area contributed by atoms with Crippen LogP contribution in [0.3, 0.4) is 0 Å². The minimum Gasteiger partial charge on any atom is -0.297 e. The highest BCUT2D eigenvalue weighted by molar-refractivity contribution is 8.45. The molecule has 1 aliphatic carbocycles. The molecule has 25 heavy (non-hydrogen) atoms. The number of carbonyl (C=O) groups is 2. The number of ketones is 2. The second kappa shape index (κ2) is 5.35. The van der Waals surface area contributed by atoms with Gasteiger partial charge in [0.25, 0.3) is 0 Å². The first kappa shape index (κ1) is 19.5. The first-order valence-corrected chi connectivity index (χ1v) is 10.4. The molecule has 138 valence electrons. The Morgan fingerprint density at radius 2 is 1.80 bits per heavy atom. The smallest absolute Gasteiger partial charge is 0.297 e.